The number of amides is 1. The topological polar surface area (TPSA) is 67.1 Å². The lowest BCUT2D eigenvalue weighted by Gasteiger charge is -2.35. The van der Waals surface area contributed by atoms with Crippen LogP contribution in [0.4, 0.5) is 0 Å². The Bertz CT molecular complexity index is 452. The molecule has 4 unspecified atom stereocenters. The van der Waals surface area contributed by atoms with Crippen molar-refractivity contribution in [3.05, 3.63) is 35.9 Å². The minimum absolute atomic E-state index is 0.00611. The van der Waals surface area contributed by atoms with Gasteiger partial charge in [0.25, 0.3) is 5.91 Å². The first-order chi connectivity index (χ1) is 10.1. The highest BCUT2D eigenvalue weighted by molar-refractivity contribution is 7.80. The smallest absolute Gasteiger partial charge is 0.251 e. The largest absolute Gasteiger partial charge is 0.352 e. The second kappa shape index (κ2) is 7.82. The predicted molar refractivity (Wildman–Crippen MR) is 89.5 cm³/mol. The zero-order valence-electron chi connectivity index (χ0n) is 12.5. The molecule has 0 bridgehead atoms. The molecule has 1 aliphatic carbocycles. The molecular weight excluding hydrogens is 282 g/mol. The Morgan fingerprint density at radius 2 is 2.10 bits per heavy atom. The van der Waals surface area contributed by atoms with Crippen LogP contribution in [0.1, 0.15) is 36.5 Å². The number of hydrogen-bond acceptors (Lipinski definition) is 4. The van der Waals surface area contributed by atoms with E-state index in [-0.39, 0.29) is 17.3 Å². The summed E-state index contributed by atoms with van der Waals surface area (Å²) in [6.07, 6.45) is 3.06. The number of nitrogens with two attached hydrogens (primary N) is 1. The van der Waals surface area contributed by atoms with Crippen LogP contribution in [0.5, 0.6) is 0 Å². The van der Waals surface area contributed by atoms with Crippen LogP contribution in [-0.4, -0.2) is 29.9 Å². The average Bonchev–Trinajstić information content (AvgIpc) is 2.48. The molecule has 4 nitrogen and oxygen atoms in total. The van der Waals surface area contributed by atoms with Crippen LogP contribution in [0.15, 0.2) is 30.3 Å². The number of hydrogen-bond donors (Lipinski definition) is 4. The van der Waals surface area contributed by atoms with Crippen molar-refractivity contribution in [2.75, 3.05) is 6.54 Å². The number of carbonyl (C=O) groups excluding carboxylic acids is 1. The second-order valence-electron chi connectivity index (χ2n) is 5.87. The maximum Gasteiger partial charge on any atom is 0.251 e. The zero-order valence-corrected chi connectivity index (χ0v) is 13.4. The molecule has 4 atom stereocenters. The lowest BCUT2D eigenvalue weighted by Crippen LogP contribution is -2.51. The molecule has 1 amide bonds. The van der Waals surface area contributed by atoms with E-state index in [0.717, 1.165) is 19.3 Å². The Hall–Kier alpha value is -1.04. The molecule has 21 heavy (non-hydrogen) atoms. The molecule has 1 fully saturated rings. The summed E-state index contributed by atoms with van der Waals surface area (Å²) in [6.45, 7) is 2.71. The van der Waals surface area contributed by atoms with E-state index in [1.807, 2.05) is 37.3 Å². The van der Waals surface area contributed by atoms with Crippen molar-refractivity contribution < 1.29 is 4.79 Å². The summed E-state index contributed by atoms with van der Waals surface area (Å²) >= 11 is 4.36. The summed E-state index contributed by atoms with van der Waals surface area (Å²) in [5.74, 6) is 0.453. The lowest BCUT2D eigenvalue weighted by atomic mass is 9.82. The first kappa shape index (κ1) is 16.3. The Labute approximate surface area is 132 Å². The molecule has 0 aliphatic heterocycles. The summed E-state index contributed by atoms with van der Waals surface area (Å²) in [6, 6.07) is 9.78. The third kappa shape index (κ3) is 5.02. The third-order valence-corrected chi connectivity index (χ3v) is 4.20. The van der Waals surface area contributed by atoms with Crippen molar-refractivity contribution >= 4 is 18.5 Å². The number of thiol groups is 1. The van der Waals surface area contributed by atoms with Gasteiger partial charge in [-0.05, 0) is 44.2 Å². The molecule has 1 aliphatic rings. The molecule has 0 radical (unpaired) electrons. The van der Waals surface area contributed by atoms with Gasteiger partial charge in [-0.2, -0.15) is 12.6 Å². The van der Waals surface area contributed by atoms with Crippen LogP contribution < -0.4 is 16.4 Å². The van der Waals surface area contributed by atoms with Crippen molar-refractivity contribution in [1.29, 1.82) is 0 Å². The van der Waals surface area contributed by atoms with Crippen molar-refractivity contribution in [3.8, 4) is 0 Å². The maximum absolute atomic E-state index is 12.0. The molecule has 4 N–H and O–H groups in total. The van der Waals surface area contributed by atoms with E-state index in [0.29, 0.717) is 24.1 Å². The van der Waals surface area contributed by atoms with Gasteiger partial charge in [-0.25, -0.2) is 0 Å². The average molecular weight is 307 g/mol. The standard InChI is InChI=1S/C16H25N3OS/c1-11(21)19-15-8-7-12(9-14(15)17)10-18-16(20)13-5-3-2-4-6-13/h2-6,11-12,14-15,19,21H,7-10,17H2,1H3,(H,18,20). The van der Waals surface area contributed by atoms with Crippen LogP contribution in [0, 0.1) is 5.92 Å². The SMILES string of the molecule is CC(S)NC1CCC(CNC(=O)c2ccccc2)CC1N. The second-order valence-corrected chi connectivity index (χ2v) is 6.64. The van der Waals surface area contributed by atoms with Crippen molar-refractivity contribution in [2.45, 2.75) is 43.6 Å². The molecule has 0 heterocycles. The third-order valence-electron chi connectivity index (χ3n) is 4.05. The van der Waals surface area contributed by atoms with E-state index in [9.17, 15) is 4.79 Å². The first-order valence-electron chi connectivity index (χ1n) is 7.59. The van der Waals surface area contributed by atoms with Gasteiger partial charge in [-0.3, -0.25) is 4.79 Å². The van der Waals surface area contributed by atoms with E-state index in [1.165, 1.54) is 0 Å². The van der Waals surface area contributed by atoms with E-state index < -0.39 is 0 Å². The fourth-order valence-corrected chi connectivity index (χ4v) is 3.12. The molecular formula is C16H25N3OS. The van der Waals surface area contributed by atoms with Crippen molar-refractivity contribution in [1.82, 2.24) is 10.6 Å². The van der Waals surface area contributed by atoms with Gasteiger partial charge in [0.2, 0.25) is 0 Å². The van der Waals surface area contributed by atoms with Crippen LogP contribution in [0.2, 0.25) is 0 Å². The number of carbonyl (C=O) groups is 1. The molecule has 2 rings (SSSR count). The summed E-state index contributed by atoms with van der Waals surface area (Å²) in [5.41, 5.74) is 6.94. The fraction of sp³-hybridized carbons (Fsp3) is 0.562. The van der Waals surface area contributed by atoms with Crippen LogP contribution in [-0.2, 0) is 0 Å². The summed E-state index contributed by atoms with van der Waals surface area (Å²) in [7, 11) is 0. The Kier molecular flexibility index (Phi) is 6.08. The van der Waals surface area contributed by atoms with E-state index >= 15 is 0 Å². The van der Waals surface area contributed by atoms with Crippen molar-refractivity contribution in [2.24, 2.45) is 11.7 Å². The number of rotatable bonds is 5. The van der Waals surface area contributed by atoms with Gasteiger partial charge in [-0.1, -0.05) is 18.2 Å². The van der Waals surface area contributed by atoms with Gasteiger partial charge in [0, 0.05) is 29.6 Å². The van der Waals surface area contributed by atoms with Crippen LogP contribution in [0.3, 0.4) is 0 Å². The highest BCUT2D eigenvalue weighted by atomic mass is 32.1. The minimum atomic E-state index is -0.00611. The number of nitrogens with one attached hydrogen (secondary N) is 2. The maximum atomic E-state index is 12.0. The van der Waals surface area contributed by atoms with Gasteiger partial charge >= 0.3 is 0 Å². The van der Waals surface area contributed by atoms with E-state index in [2.05, 4.69) is 23.3 Å². The van der Waals surface area contributed by atoms with Gasteiger partial charge in [0.1, 0.15) is 0 Å². The molecule has 1 aromatic rings. The fourth-order valence-electron chi connectivity index (χ4n) is 2.93. The monoisotopic (exact) mass is 307 g/mol. The molecule has 0 aromatic heterocycles. The molecule has 0 spiro atoms. The van der Waals surface area contributed by atoms with E-state index in [4.69, 9.17) is 5.73 Å². The van der Waals surface area contributed by atoms with Crippen molar-refractivity contribution in [3.63, 3.8) is 0 Å². The summed E-state index contributed by atoms with van der Waals surface area (Å²) in [5, 5.41) is 6.57. The van der Waals surface area contributed by atoms with E-state index in [1.54, 1.807) is 0 Å². The Balaban J connectivity index is 1.77. The molecule has 116 valence electrons. The Morgan fingerprint density at radius 1 is 1.38 bits per heavy atom. The van der Waals surface area contributed by atoms with Gasteiger partial charge in [0.05, 0.1) is 0 Å². The highest BCUT2D eigenvalue weighted by Gasteiger charge is 2.28. The molecule has 1 saturated carbocycles. The zero-order chi connectivity index (χ0) is 15.2. The van der Waals surface area contributed by atoms with Crippen LogP contribution >= 0.6 is 12.6 Å². The quantitative estimate of drug-likeness (QED) is 0.495. The molecule has 5 heteroatoms. The van der Waals surface area contributed by atoms with Gasteiger partial charge < -0.3 is 16.4 Å². The van der Waals surface area contributed by atoms with Gasteiger partial charge in [0.15, 0.2) is 0 Å². The van der Waals surface area contributed by atoms with Gasteiger partial charge in [-0.15, -0.1) is 0 Å². The first-order valence-corrected chi connectivity index (χ1v) is 8.11. The lowest BCUT2D eigenvalue weighted by molar-refractivity contribution is 0.0940. The summed E-state index contributed by atoms with van der Waals surface area (Å²) in [4.78, 5) is 12.0. The minimum Gasteiger partial charge on any atom is -0.352 e. The normalized spacial score (nSPS) is 27.1. The summed E-state index contributed by atoms with van der Waals surface area (Å²) < 4.78 is 0. The predicted octanol–water partition coefficient (Wildman–Crippen LogP) is 1.78. The molecule has 1 aromatic carbocycles. The highest BCUT2D eigenvalue weighted by Crippen LogP contribution is 2.23. The van der Waals surface area contributed by atoms with Crippen LogP contribution in [0.25, 0.3) is 0 Å². The molecule has 0 saturated heterocycles. The number of benzene rings is 1. The Morgan fingerprint density at radius 3 is 2.71 bits per heavy atom.